The van der Waals surface area contributed by atoms with Crippen LogP contribution in [0.25, 0.3) is 21.5 Å². The molecule has 0 aliphatic carbocycles. The Bertz CT molecular complexity index is 2360. The molecule has 9 rings (SSSR count). The number of hydrogen-bond acceptors (Lipinski definition) is 3. The molecule has 0 fully saturated rings. The summed E-state index contributed by atoms with van der Waals surface area (Å²) in [6.45, 7) is 27.7. The summed E-state index contributed by atoms with van der Waals surface area (Å²) in [6.07, 6.45) is 0. The Labute approximate surface area is 310 Å². The van der Waals surface area contributed by atoms with Gasteiger partial charge in [-0.05, 0) is 91.1 Å². The highest BCUT2D eigenvalue weighted by Crippen LogP contribution is 2.63. The van der Waals surface area contributed by atoms with Crippen LogP contribution in [0.3, 0.4) is 0 Å². The van der Waals surface area contributed by atoms with E-state index in [1.54, 1.807) is 0 Å². The molecule has 0 N–H and O–H groups in total. The van der Waals surface area contributed by atoms with Gasteiger partial charge in [0.2, 0.25) is 0 Å². The minimum atomic E-state index is -0.968. The van der Waals surface area contributed by atoms with Gasteiger partial charge < -0.3 is 14.4 Å². The summed E-state index contributed by atoms with van der Waals surface area (Å²) in [5.41, 5.74) is 8.48. The molecule has 0 unspecified atom stereocenters. The molecule has 3 aliphatic rings. The van der Waals surface area contributed by atoms with Crippen molar-refractivity contribution in [1.82, 2.24) is 0 Å². The van der Waals surface area contributed by atoms with E-state index in [4.69, 9.17) is 9.47 Å². The fourth-order valence-electron chi connectivity index (χ4n) is 8.49. The average molecular weight is 704 g/mol. The van der Waals surface area contributed by atoms with Gasteiger partial charge in [0.15, 0.2) is 0 Å². The van der Waals surface area contributed by atoms with Crippen LogP contribution in [0.2, 0.25) is 0 Å². The highest BCUT2D eigenvalue weighted by Gasteiger charge is 2.47. The van der Waals surface area contributed by atoms with Gasteiger partial charge in [-0.15, -0.1) is 0 Å². The van der Waals surface area contributed by atoms with E-state index < -0.39 is 7.92 Å². The van der Waals surface area contributed by atoms with Crippen LogP contribution >= 0.6 is 7.92 Å². The highest BCUT2D eigenvalue weighted by molar-refractivity contribution is 7.81. The molecule has 3 nitrogen and oxygen atoms in total. The lowest BCUT2D eigenvalue weighted by Crippen LogP contribution is -2.41. The van der Waals surface area contributed by atoms with Gasteiger partial charge in [0.05, 0.1) is 33.0 Å². The summed E-state index contributed by atoms with van der Waals surface area (Å²) in [6, 6.07) is 32.3. The van der Waals surface area contributed by atoms with Crippen molar-refractivity contribution < 1.29 is 9.47 Å². The normalized spacial score (nSPS) is 15.1. The SMILES string of the molecule is CC(C)(C)c1cc2c3c(c1)Oc1cc(C(C)(C)C)cc4c1P3c1c(cc(C(C)(C)C)cc1N4c1c3ccccc3c(C(C)(C)C)c3ccccc13)O2. The van der Waals surface area contributed by atoms with E-state index in [2.05, 4.69) is 173 Å². The number of ether oxygens (including phenoxy) is 2. The van der Waals surface area contributed by atoms with Crippen molar-refractivity contribution in [3.8, 4) is 23.0 Å². The predicted molar refractivity (Wildman–Crippen MR) is 223 cm³/mol. The number of rotatable bonds is 1. The standard InChI is InChI=1S/C48H50NO2P/c1-45(2,3)27-21-34-42-36(23-27)50-38-25-29(47(7,8)9)26-39-44(38)52(42)43-35(22-28(46(4,5)6)24-37(43)51-39)49(34)41-32-19-15-13-17-30(32)40(48(10,11)12)31-18-14-16-20-33(31)41/h13-26H,1-12H3. The van der Waals surface area contributed by atoms with Gasteiger partial charge in [-0.3, -0.25) is 0 Å². The number of anilines is 3. The van der Waals surface area contributed by atoms with Gasteiger partial charge in [0, 0.05) is 18.7 Å². The monoisotopic (exact) mass is 703 g/mol. The van der Waals surface area contributed by atoms with Crippen molar-refractivity contribution >= 4 is 62.4 Å². The number of fused-ring (bicyclic) bond motifs is 2. The van der Waals surface area contributed by atoms with Gasteiger partial charge in [-0.2, -0.15) is 0 Å². The first-order valence-electron chi connectivity index (χ1n) is 18.8. The van der Waals surface area contributed by atoms with E-state index in [9.17, 15) is 0 Å². The fourth-order valence-corrected chi connectivity index (χ4v) is 11.3. The van der Waals surface area contributed by atoms with Crippen LogP contribution in [0.5, 0.6) is 23.0 Å². The first-order chi connectivity index (χ1) is 24.3. The molecule has 3 aliphatic heterocycles. The molecular formula is C48H50NO2P. The summed E-state index contributed by atoms with van der Waals surface area (Å²) in [5, 5.41) is 8.89. The smallest absolute Gasteiger partial charge is 0.139 e. The number of benzene rings is 6. The Morgan fingerprint density at radius 2 is 0.769 bits per heavy atom. The maximum atomic E-state index is 7.13. The van der Waals surface area contributed by atoms with Crippen molar-refractivity contribution in [2.75, 3.05) is 4.90 Å². The first kappa shape index (κ1) is 33.5. The second-order valence-electron chi connectivity index (χ2n) is 19.2. The van der Waals surface area contributed by atoms with E-state index in [1.165, 1.54) is 76.8 Å². The van der Waals surface area contributed by atoms with Crippen molar-refractivity contribution in [2.45, 2.75) is 105 Å². The van der Waals surface area contributed by atoms with Crippen LogP contribution in [-0.4, -0.2) is 0 Å². The maximum absolute atomic E-state index is 7.13. The van der Waals surface area contributed by atoms with E-state index in [-0.39, 0.29) is 21.7 Å². The molecule has 0 spiro atoms. The van der Waals surface area contributed by atoms with E-state index >= 15 is 0 Å². The van der Waals surface area contributed by atoms with Crippen LogP contribution in [0.4, 0.5) is 17.1 Å². The van der Waals surface area contributed by atoms with Gasteiger partial charge in [-0.1, -0.05) is 132 Å². The molecule has 0 amide bonds. The summed E-state index contributed by atoms with van der Waals surface area (Å²) in [7, 11) is -0.968. The highest BCUT2D eigenvalue weighted by atomic mass is 31.1. The molecule has 3 heterocycles. The van der Waals surface area contributed by atoms with E-state index in [0.29, 0.717) is 0 Å². The Kier molecular flexibility index (Phi) is 6.85. The van der Waals surface area contributed by atoms with Gasteiger partial charge in [-0.25, -0.2) is 0 Å². The third-order valence-corrected chi connectivity index (χ3v) is 13.9. The zero-order valence-electron chi connectivity index (χ0n) is 32.8. The van der Waals surface area contributed by atoms with Crippen LogP contribution in [0.1, 0.15) is 105 Å². The zero-order valence-corrected chi connectivity index (χ0v) is 33.7. The second-order valence-corrected chi connectivity index (χ2v) is 21.2. The Morgan fingerprint density at radius 1 is 0.423 bits per heavy atom. The molecule has 0 atom stereocenters. The molecule has 0 bridgehead atoms. The minimum absolute atomic E-state index is 0.0573. The third-order valence-electron chi connectivity index (χ3n) is 11.2. The molecular weight excluding hydrogens is 654 g/mol. The summed E-state index contributed by atoms with van der Waals surface area (Å²) in [5.74, 6) is 3.82. The van der Waals surface area contributed by atoms with E-state index in [1.807, 2.05) is 0 Å². The van der Waals surface area contributed by atoms with E-state index in [0.717, 1.165) is 23.0 Å². The lowest BCUT2D eigenvalue weighted by molar-refractivity contribution is 0.457. The quantitative estimate of drug-likeness (QED) is 0.125. The second kappa shape index (κ2) is 10.6. The number of nitrogens with zero attached hydrogens (tertiary/aromatic N) is 1. The van der Waals surface area contributed by atoms with Crippen molar-refractivity contribution in [3.05, 3.63) is 107 Å². The third kappa shape index (κ3) is 4.81. The Balaban J connectivity index is 1.48. The number of hydrogen-bond donors (Lipinski definition) is 0. The zero-order chi connectivity index (χ0) is 36.9. The molecule has 0 aromatic heterocycles. The Morgan fingerprint density at radius 3 is 1.13 bits per heavy atom. The van der Waals surface area contributed by atoms with Crippen molar-refractivity contribution in [2.24, 2.45) is 0 Å². The molecule has 6 aromatic carbocycles. The molecule has 52 heavy (non-hydrogen) atoms. The summed E-state index contributed by atoms with van der Waals surface area (Å²) >= 11 is 0. The molecule has 0 saturated carbocycles. The Hall–Kier alpha value is -4.33. The van der Waals surface area contributed by atoms with Gasteiger partial charge in [0.1, 0.15) is 23.0 Å². The summed E-state index contributed by atoms with van der Waals surface area (Å²) in [4.78, 5) is 2.60. The van der Waals surface area contributed by atoms with Crippen LogP contribution in [0.15, 0.2) is 84.9 Å². The lowest BCUT2D eigenvalue weighted by atomic mass is 9.79. The van der Waals surface area contributed by atoms with Crippen molar-refractivity contribution in [1.29, 1.82) is 0 Å². The van der Waals surface area contributed by atoms with Crippen LogP contribution in [0, 0.1) is 0 Å². The lowest BCUT2D eigenvalue weighted by Gasteiger charge is -2.46. The van der Waals surface area contributed by atoms with Crippen LogP contribution < -0.4 is 30.3 Å². The molecule has 0 saturated heterocycles. The maximum Gasteiger partial charge on any atom is 0.139 e. The van der Waals surface area contributed by atoms with Crippen LogP contribution in [-0.2, 0) is 21.7 Å². The summed E-state index contributed by atoms with van der Waals surface area (Å²) < 4.78 is 14.3. The molecule has 0 radical (unpaired) electrons. The predicted octanol–water partition coefficient (Wildman–Crippen LogP) is 12.9. The topological polar surface area (TPSA) is 21.7 Å². The largest absolute Gasteiger partial charge is 0.456 e. The fraction of sp³-hybridized carbons (Fsp3) is 0.333. The molecule has 264 valence electrons. The first-order valence-corrected chi connectivity index (χ1v) is 20.1. The molecule has 4 heteroatoms. The molecule has 6 aromatic rings. The van der Waals surface area contributed by atoms with Gasteiger partial charge in [0.25, 0.3) is 0 Å². The van der Waals surface area contributed by atoms with Gasteiger partial charge >= 0.3 is 0 Å². The average Bonchev–Trinajstić information content (AvgIpc) is 3.05. The minimum Gasteiger partial charge on any atom is -0.456 e. The van der Waals surface area contributed by atoms with Crippen molar-refractivity contribution in [3.63, 3.8) is 0 Å².